The third kappa shape index (κ3) is 5.99. The number of sulfonamides is 1. The summed E-state index contributed by atoms with van der Waals surface area (Å²) in [6.45, 7) is -0.462. The molecule has 0 aliphatic carbocycles. The first-order valence-electron chi connectivity index (χ1n) is 9.32. The van der Waals surface area contributed by atoms with Gasteiger partial charge in [0.1, 0.15) is 15.7 Å². The Bertz CT molecular complexity index is 1160. The minimum absolute atomic E-state index is 0.228. The Hall–Kier alpha value is -3.57. The first-order valence-corrected chi connectivity index (χ1v) is 11.6. The highest BCUT2D eigenvalue weighted by atomic mass is 32.2. The molecule has 0 saturated heterocycles. The van der Waals surface area contributed by atoms with Crippen LogP contribution in [0, 0.1) is 0 Å². The summed E-state index contributed by atoms with van der Waals surface area (Å²) >= 11 is 1.15. The van der Waals surface area contributed by atoms with Crippen molar-refractivity contribution >= 4 is 44.5 Å². The molecule has 2 aromatic carbocycles. The predicted molar refractivity (Wildman–Crippen MR) is 122 cm³/mol. The smallest absolute Gasteiger partial charge is 0.273 e. The van der Waals surface area contributed by atoms with E-state index >= 15 is 0 Å². The van der Waals surface area contributed by atoms with E-state index in [1.165, 1.54) is 11.4 Å². The highest BCUT2D eigenvalue weighted by Gasteiger charge is 2.22. The van der Waals surface area contributed by atoms with E-state index in [1.807, 2.05) is 0 Å². The fourth-order valence-corrected chi connectivity index (χ4v) is 4.93. The van der Waals surface area contributed by atoms with Gasteiger partial charge in [0.05, 0.1) is 5.69 Å². The van der Waals surface area contributed by atoms with Gasteiger partial charge in [-0.15, -0.1) is 11.3 Å². The fourth-order valence-electron chi connectivity index (χ4n) is 2.57. The average Bonchev–Trinajstić information content (AvgIpc) is 3.33. The molecule has 0 aliphatic heterocycles. The number of rotatable bonds is 10. The number of nitrogens with two attached hydrogens (primary N) is 1. The van der Waals surface area contributed by atoms with Gasteiger partial charge < -0.3 is 20.5 Å². The van der Waals surface area contributed by atoms with Crippen LogP contribution in [0.2, 0.25) is 0 Å². The predicted octanol–water partition coefficient (Wildman–Crippen LogP) is 2.45. The molecule has 0 bridgehead atoms. The molecule has 32 heavy (non-hydrogen) atoms. The summed E-state index contributed by atoms with van der Waals surface area (Å²) < 4.78 is 37.2. The lowest BCUT2D eigenvalue weighted by atomic mass is 10.3. The SMILES string of the molecule is CN(c1ccc(OCC(=O)Nc2ccc(OCC(N)=O)cc2)cc1)S(=O)(=O)c1cccs1. The topological polar surface area (TPSA) is 128 Å². The highest BCUT2D eigenvalue weighted by molar-refractivity contribution is 7.94. The molecular weight excluding hydrogens is 454 g/mol. The van der Waals surface area contributed by atoms with Crippen molar-refractivity contribution < 1.29 is 27.5 Å². The Morgan fingerprint density at radius 2 is 1.56 bits per heavy atom. The second-order valence-electron chi connectivity index (χ2n) is 6.51. The molecule has 0 unspecified atom stereocenters. The molecule has 1 heterocycles. The van der Waals surface area contributed by atoms with Gasteiger partial charge in [-0.05, 0) is 60.0 Å². The van der Waals surface area contributed by atoms with Crippen molar-refractivity contribution in [3.8, 4) is 11.5 Å². The Morgan fingerprint density at radius 1 is 0.969 bits per heavy atom. The lowest BCUT2D eigenvalue weighted by molar-refractivity contribution is -0.120. The Kier molecular flexibility index (Phi) is 7.33. The average molecular weight is 476 g/mol. The number of thiophene rings is 1. The van der Waals surface area contributed by atoms with Crippen molar-refractivity contribution in [2.45, 2.75) is 4.21 Å². The van der Waals surface area contributed by atoms with Gasteiger partial charge in [0.25, 0.3) is 21.8 Å². The van der Waals surface area contributed by atoms with E-state index < -0.39 is 15.9 Å². The molecular formula is C21H21N3O6S2. The fraction of sp³-hybridized carbons (Fsp3) is 0.143. The van der Waals surface area contributed by atoms with Crippen LogP contribution in [0.1, 0.15) is 0 Å². The molecule has 3 rings (SSSR count). The van der Waals surface area contributed by atoms with Gasteiger partial charge in [-0.1, -0.05) is 6.07 Å². The number of carbonyl (C=O) groups is 2. The third-order valence-electron chi connectivity index (χ3n) is 4.20. The molecule has 0 spiro atoms. The number of amides is 2. The molecule has 0 saturated carbocycles. The van der Waals surface area contributed by atoms with Gasteiger partial charge in [0.15, 0.2) is 13.2 Å². The van der Waals surface area contributed by atoms with Crippen molar-refractivity contribution in [2.24, 2.45) is 5.73 Å². The Balaban J connectivity index is 1.51. The summed E-state index contributed by atoms with van der Waals surface area (Å²) in [5.41, 5.74) is 6.01. The normalized spacial score (nSPS) is 10.9. The summed E-state index contributed by atoms with van der Waals surface area (Å²) in [5, 5.41) is 4.38. The molecule has 9 nitrogen and oxygen atoms in total. The van der Waals surface area contributed by atoms with Crippen molar-refractivity contribution in [3.63, 3.8) is 0 Å². The third-order valence-corrected chi connectivity index (χ3v) is 7.36. The molecule has 0 radical (unpaired) electrons. The zero-order valence-corrected chi connectivity index (χ0v) is 18.7. The number of primary amides is 1. The van der Waals surface area contributed by atoms with Crippen LogP contribution >= 0.6 is 11.3 Å². The number of nitrogens with one attached hydrogen (secondary N) is 1. The van der Waals surface area contributed by atoms with Gasteiger partial charge in [-0.2, -0.15) is 0 Å². The van der Waals surface area contributed by atoms with Crippen LogP contribution in [0.25, 0.3) is 0 Å². The molecule has 168 valence electrons. The maximum atomic E-state index is 12.6. The van der Waals surface area contributed by atoms with Crippen LogP contribution < -0.4 is 24.8 Å². The van der Waals surface area contributed by atoms with Crippen LogP contribution in [0.15, 0.2) is 70.3 Å². The largest absolute Gasteiger partial charge is 0.484 e. The summed E-state index contributed by atoms with van der Waals surface area (Å²) in [7, 11) is -2.14. The molecule has 3 aromatic rings. The standard InChI is InChI=1S/C21H21N3O6S2/c1-24(32(27,28)21-3-2-12-31-21)16-6-10-18(11-7-16)30-14-20(26)23-15-4-8-17(9-5-15)29-13-19(22)25/h2-12H,13-14H2,1H3,(H2,22,25)(H,23,26). The molecule has 1 aromatic heterocycles. The highest BCUT2D eigenvalue weighted by Crippen LogP contribution is 2.26. The van der Waals surface area contributed by atoms with Crippen molar-refractivity contribution in [3.05, 3.63) is 66.0 Å². The number of nitrogens with zero attached hydrogens (tertiary/aromatic N) is 1. The number of anilines is 2. The van der Waals surface area contributed by atoms with Crippen LogP contribution in [-0.4, -0.2) is 40.5 Å². The first-order chi connectivity index (χ1) is 15.3. The lowest BCUT2D eigenvalue weighted by Gasteiger charge is -2.18. The van der Waals surface area contributed by atoms with Gasteiger partial charge in [0.2, 0.25) is 0 Å². The summed E-state index contributed by atoms with van der Waals surface area (Å²) in [6.07, 6.45) is 0. The number of carbonyl (C=O) groups excluding carboxylic acids is 2. The van der Waals surface area contributed by atoms with E-state index in [0.717, 1.165) is 11.3 Å². The Labute approximate surface area is 189 Å². The van der Waals surface area contributed by atoms with Gasteiger partial charge in [-0.25, -0.2) is 8.42 Å². The van der Waals surface area contributed by atoms with Crippen LogP contribution in [-0.2, 0) is 19.6 Å². The van der Waals surface area contributed by atoms with Crippen molar-refractivity contribution in [1.29, 1.82) is 0 Å². The number of ether oxygens (including phenoxy) is 2. The van der Waals surface area contributed by atoms with Gasteiger partial charge >= 0.3 is 0 Å². The monoisotopic (exact) mass is 475 g/mol. The quantitative estimate of drug-likeness (QED) is 0.464. The van der Waals surface area contributed by atoms with Crippen molar-refractivity contribution in [2.75, 3.05) is 29.9 Å². The van der Waals surface area contributed by atoms with Gasteiger partial charge in [0, 0.05) is 12.7 Å². The van der Waals surface area contributed by atoms with E-state index in [0.29, 0.717) is 22.9 Å². The summed E-state index contributed by atoms with van der Waals surface area (Å²) in [4.78, 5) is 22.8. The van der Waals surface area contributed by atoms with Crippen LogP contribution in [0.5, 0.6) is 11.5 Å². The van der Waals surface area contributed by atoms with E-state index in [-0.39, 0.29) is 23.3 Å². The van der Waals surface area contributed by atoms with Gasteiger partial charge in [-0.3, -0.25) is 13.9 Å². The maximum absolute atomic E-state index is 12.6. The minimum Gasteiger partial charge on any atom is -0.484 e. The van der Waals surface area contributed by atoms with Crippen LogP contribution in [0.3, 0.4) is 0 Å². The zero-order valence-electron chi connectivity index (χ0n) is 17.1. The van der Waals surface area contributed by atoms with Crippen LogP contribution in [0.4, 0.5) is 11.4 Å². The minimum atomic E-state index is -3.62. The number of hydrogen-bond donors (Lipinski definition) is 2. The van der Waals surface area contributed by atoms with E-state index in [1.54, 1.807) is 66.0 Å². The molecule has 2 amide bonds. The first kappa shape index (κ1) is 23.1. The summed E-state index contributed by atoms with van der Waals surface area (Å²) in [5.74, 6) is -0.0918. The van der Waals surface area contributed by atoms with E-state index in [4.69, 9.17) is 15.2 Å². The molecule has 0 atom stereocenters. The Morgan fingerprint density at radius 3 is 2.12 bits per heavy atom. The number of hydrogen-bond acceptors (Lipinski definition) is 7. The number of benzene rings is 2. The maximum Gasteiger partial charge on any atom is 0.273 e. The second-order valence-corrected chi connectivity index (χ2v) is 9.66. The summed E-state index contributed by atoms with van der Waals surface area (Å²) in [6, 6.07) is 16.0. The van der Waals surface area contributed by atoms with E-state index in [9.17, 15) is 18.0 Å². The lowest BCUT2D eigenvalue weighted by Crippen LogP contribution is -2.25. The molecule has 11 heteroatoms. The second kappa shape index (κ2) is 10.2. The zero-order chi connectivity index (χ0) is 23.1. The molecule has 3 N–H and O–H groups in total. The van der Waals surface area contributed by atoms with E-state index in [2.05, 4.69) is 5.32 Å². The molecule has 0 fully saturated rings. The molecule has 0 aliphatic rings. The van der Waals surface area contributed by atoms with Crippen molar-refractivity contribution in [1.82, 2.24) is 0 Å².